The Morgan fingerprint density at radius 2 is 2.06 bits per heavy atom. The molecule has 0 aliphatic carbocycles. The summed E-state index contributed by atoms with van der Waals surface area (Å²) in [5.41, 5.74) is -0.610. The average Bonchev–Trinajstić information content (AvgIpc) is 2.41. The normalized spacial score (nSPS) is 17.4. The van der Waals surface area contributed by atoms with Gasteiger partial charge in [-0.05, 0) is 13.8 Å². The molecular formula is C10H11N3O3. The molecule has 1 N–H and O–H groups in total. The second kappa shape index (κ2) is 3.01. The van der Waals surface area contributed by atoms with Crippen molar-refractivity contribution in [1.29, 1.82) is 0 Å². The first kappa shape index (κ1) is 10.5. The van der Waals surface area contributed by atoms with Crippen LogP contribution in [0.25, 0.3) is 0 Å². The Morgan fingerprint density at radius 1 is 1.44 bits per heavy atom. The lowest BCUT2D eigenvalue weighted by Gasteiger charge is -2.16. The van der Waals surface area contributed by atoms with Crippen LogP contribution in [0.3, 0.4) is 0 Å². The van der Waals surface area contributed by atoms with Crippen molar-refractivity contribution in [1.82, 2.24) is 9.97 Å². The van der Waals surface area contributed by atoms with E-state index in [1.807, 2.05) is 0 Å². The molecular weight excluding hydrogens is 210 g/mol. The van der Waals surface area contributed by atoms with E-state index in [0.29, 0.717) is 11.4 Å². The summed E-state index contributed by atoms with van der Waals surface area (Å²) in [6.45, 7) is 3.35. The van der Waals surface area contributed by atoms with Crippen molar-refractivity contribution in [2.75, 3.05) is 11.9 Å². The lowest BCUT2D eigenvalue weighted by molar-refractivity contribution is -0.121. The van der Waals surface area contributed by atoms with E-state index in [4.69, 9.17) is 5.11 Å². The number of aromatic nitrogens is 2. The van der Waals surface area contributed by atoms with Crippen LogP contribution in [0.2, 0.25) is 0 Å². The van der Waals surface area contributed by atoms with Gasteiger partial charge < -0.3 is 5.11 Å². The Morgan fingerprint density at radius 3 is 2.62 bits per heavy atom. The molecule has 84 valence electrons. The minimum absolute atomic E-state index is 0.104. The van der Waals surface area contributed by atoms with Gasteiger partial charge in [0.2, 0.25) is 5.91 Å². The fourth-order valence-corrected chi connectivity index (χ4v) is 1.99. The highest BCUT2D eigenvalue weighted by Crippen LogP contribution is 2.40. The molecule has 6 heteroatoms. The third kappa shape index (κ3) is 1.13. The smallest absolute Gasteiger partial charge is 0.355 e. The van der Waals surface area contributed by atoms with Crippen LogP contribution in [-0.4, -0.2) is 34.0 Å². The fourth-order valence-electron chi connectivity index (χ4n) is 1.99. The molecule has 1 aliphatic rings. The van der Waals surface area contributed by atoms with Gasteiger partial charge in [-0.2, -0.15) is 0 Å². The minimum Gasteiger partial charge on any atom is -0.476 e. The maximum Gasteiger partial charge on any atom is 0.355 e. The number of hydrogen-bond donors (Lipinski definition) is 1. The van der Waals surface area contributed by atoms with E-state index in [9.17, 15) is 9.59 Å². The maximum atomic E-state index is 11.9. The van der Waals surface area contributed by atoms with Gasteiger partial charge in [0.05, 0.1) is 5.41 Å². The molecule has 1 aromatic rings. The SMILES string of the molecule is CN1C(=O)C(C)(C)c2c(C(=O)O)ncnc21. The van der Waals surface area contributed by atoms with E-state index in [1.54, 1.807) is 20.9 Å². The number of hydrogen-bond acceptors (Lipinski definition) is 4. The van der Waals surface area contributed by atoms with Crippen molar-refractivity contribution >= 4 is 17.7 Å². The van der Waals surface area contributed by atoms with Crippen molar-refractivity contribution in [3.05, 3.63) is 17.6 Å². The third-order valence-corrected chi connectivity index (χ3v) is 2.81. The Hall–Kier alpha value is -1.98. The topological polar surface area (TPSA) is 83.4 Å². The highest BCUT2D eigenvalue weighted by atomic mass is 16.4. The number of carbonyl (C=O) groups excluding carboxylic acids is 1. The van der Waals surface area contributed by atoms with Crippen LogP contribution in [0.5, 0.6) is 0 Å². The highest BCUT2D eigenvalue weighted by molar-refractivity contribution is 6.08. The molecule has 0 spiro atoms. The molecule has 0 bridgehead atoms. The Labute approximate surface area is 91.9 Å². The minimum atomic E-state index is -1.14. The van der Waals surface area contributed by atoms with Gasteiger partial charge >= 0.3 is 5.97 Å². The Balaban J connectivity index is 2.78. The van der Waals surface area contributed by atoms with E-state index in [0.717, 1.165) is 6.33 Å². The first-order valence-electron chi connectivity index (χ1n) is 4.74. The molecule has 6 nitrogen and oxygen atoms in total. The molecule has 2 heterocycles. The standard InChI is InChI=1S/C10H11N3O3/c1-10(2)5-6(8(14)15)11-4-12-7(5)13(3)9(10)16/h4H,1-3H3,(H,14,15). The Kier molecular flexibility index (Phi) is 1.98. The van der Waals surface area contributed by atoms with Crippen molar-refractivity contribution in [2.24, 2.45) is 0 Å². The Bertz CT molecular complexity index is 496. The molecule has 1 amide bonds. The van der Waals surface area contributed by atoms with Gasteiger partial charge in [-0.25, -0.2) is 14.8 Å². The zero-order valence-corrected chi connectivity index (χ0v) is 9.18. The summed E-state index contributed by atoms with van der Waals surface area (Å²) in [4.78, 5) is 32.0. The number of anilines is 1. The number of carboxylic acid groups (broad SMARTS) is 1. The number of amides is 1. The summed E-state index contributed by atoms with van der Waals surface area (Å²) in [6.07, 6.45) is 1.16. The molecule has 2 rings (SSSR count). The van der Waals surface area contributed by atoms with Gasteiger partial charge in [0.1, 0.15) is 12.1 Å². The van der Waals surface area contributed by atoms with Gasteiger partial charge in [0.25, 0.3) is 0 Å². The first-order valence-corrected chi connectivity index (χ1v) is 4.74. The van der Waals surface area contributed by atoms with Crippen LogP contribution in [-0.2, 0) is 10.2 Å². The van der Waals surface area contributed by atoms with E-state index in [1.165, 1.54) is 4.90 Å². The third-order valence-electron chi connectivity index (χ3n) is 2.81. The van der Waals surface area contributed by atoms with Gasteiger partial charge in [0, 0.05) is 12.6 Å². The first-order chi connectivity index (χ1) is 7.37. The summed E-state index contributed by atoms with van der Waals surface area (Å²) in [7, 11) is 1.58. The molecule has 1 aromatic heterocycles. The number of carbonyl (C=O) groups is 2. The van der Waals surface area contributed by atoms with Crippen molar-refractivity contribution < 1.29 is 14.7 Å². The van der Waals surface area contributed by atoms with Crippen molar-refractivity contribution in [2.45, 2.75) is 19.3 Å². The lowest BCUT2D eigenvalue weighted by atomic mass is 9.86. The number of fused-ring (bicyclic) bond motifs is 1. The van der Waals surface area contributed by atoms with Crippen LogP contribution in [0.15, 0.2) is 6.33 Å². The lowest BCUT2D eigenvalue weighted by Crippen LogP contribution is -2.34. The molecule has 1 aliphatic heterocycles. The molecule has 16 heavy (non-hydrogen) atoms. The quantitative estimate of drug-likeness (QED) is 0.743. The molecule has 0 radical (unpaired) electrons. The number of carboxylic acids is 1. The molecule has 0 saturated heterocycles. The monoisotopic (exact) mass is 221 g/mol. The van der Waals surface area contributed by atoms with Crippen LogP contribution < -0.4 is 4.90 Å². The predicted octanol–water partition coefficient (Wildman–Crippen LogP) is 0.429. The van der Waals surface area contributed by atoms with E-state index in [-0.39, 0.29) is 11.6 Å². The van der Waals surface area contributed by atoms with Crippen LogP contribution in [0, 0.1) is 0 Å². The van der Waals surface area contributed by atoms with Gasteiger partial charge in [-0.1, -0.05) is 0 Å². The number of rotatable bonds is 1. The highest BCUT2D eigenvalue weighted by Gasteiger charge is 2.46. The van der Waals surface area contributed by atoms with Gasteiger partial charge in [-0.3, -0.25) is 9.69 Å². The zero-order chi connectivity index (χ0) is 12.1. The second-order valence-corrected chi connectivity index (χ2v) is 4.22. The summed E-state index contributed by atoms with van der Waals surface area (Å²) in [5.74, 6) is -0.942. The molecule has 0 unspecified atom stereocenters. The maximum absolute atomic E-state index is 11.9. The summed E-state index contributed by atoms with van der Waals surface area (Å²) in [5, 5.41) is 9.03. The van der Waals surface area contributed by atoms with Crippen LogP contribution in [0.1, 0.15) is 29.9 Å². The van der Waals surface area contributed by atoms with Crippen molar-refractivity contribution in [3.63, 3.8) is 0 Å². The molecule has 0 fully saturated rings. The number of nitrogens with zero attached hydrogens (tertiary/aromatic N) is 3. The van der Waals surface area contributed by atoms with Gasteiger partial charge in [0.15, 0.2) is 5.69 Å². The largest absolute Gasteiger partial charge is 0.476 e. The van der Waals surface area contributed by atoms with Crippen LogP contribution in [0.4, 0.5) is 5.82 Å². The van der Waals surface area contributed by atoms with Crippen molar-refractivity contribution in [3.8, 4) is 0 Å². The fraction of sp³-hybridized carbons (Fsp3) is 0.400. The molecule has 0 aromatic carbocycles. The summed E-state index contributed by atoms with van der Waals surface area (Å²) < 4.78 is 0. The second-order valence-electron chi connectivity index (χ2n) is 4.22. The number of likely N-dealkylation sites (N-methyl/N-ethyl adjacent to an activating group) is 1. The number of aromatic carboxylic acids is 1. The molecule has 0 atom stereocenters. The van der Waals surface area contributed by atoms with Crippen LogP contribution >= 0.6 is 0 Å². The van der Waals surface area contributed by atoms with E-state index >= 15 is 0 Å². The summed E-state index contributed by atoms with van der Waals surface area (Å²) >= 11 is 0. The average molecular weight is 221 g/mol. The zero-order valence-electron chi connectivity index (χ0n) is 9.18. The molecule has 0 saturated carbocycles. The summed E-state index contributed by atoms with van der Waals surface area (Å²) in [6, 6.07) is 0. The van der Waals surface area contributed by atoms with Gasteiger partial charge in [-0.15, -0.1) is 0 Å². The van der Waals surface area contributed by atoms with E-state index < -0.39 is 11.4 Å². The predicted molar refractivity (Wildman–Crippen MR) is 55.4 cm³/mol. The van der Waals surface area contributed by atoms with E-state index in [2.05, 4.69) is 9.97 Å².